The summed E-state index contributed by atoms with van der Waals surface area (Å²) in [5, 5.41) is 10.5. The van der Waals surface area contributed by atoms with Gasteiger partial charge in [0.1, 0.15) is 0 Å². The van der Waals surface area contributed by atoms with Crippen LogP contribution >= 0.6 is 0 Å². The molecule has 3 heterocycles. The molecule has 224 valence electrons. The van der Waals surface area contributed by atoms with Crippen LogP contribution in [0.5, 0.6) is 0 Å². The van der Waals surface area contributed by atoms with E-state index in [1.807, 2.05) is 27.7 Å². The van der Waals surface area contributed by atoms with Gasteiger partial charge < -0.3 is 14.7 Å². The third-order valence-electron chi connectivity index (χ3n) is 8.81. The minimum atomic E-state index is -1.11. The molecule has 6 nitrogen and oxygen atoms in total. The van der Waals surface area contributed by atoms with E-state index in [2.05, 4.69) is 79.1 Å². The van der Waals surface area contributed by atoms with Crippen molar-refractivity contribution in [3.8, 4) is 11.1 Å². The van der Waals surface area contributed by atoms with Gasteiger partial charge in [0.15, 0.2) is 6.10 Å². The fourth-order valence-corrected chi connectivity index (χ4v) is 6.50. The van der Waals surface area contributed by atoms with Gasteiger partial charge in [-0.2, -0.15) is 0 Å². The summed E-state index contributed by atoms with van der Waals surface area (Å²) >= 11 is 0. The Hall–Kier alpha value is -3.22. The summed E-state index contributed by atoms with van der Waals surface area (Å²) in [7, 11) is 0. The third kappa shape index (κ3) is 6.71. The largest absolute Gasteiger partial charge is 0.479 e. The maximum absolute atomic E-state index is 12.8. The van der Waals surface area contributed by atoms with Gasteiger partial charge >= 0.3 is 5.97 Å². The van der Waals surface area contributed by atoms with Crippen molar-refractivity contribution in [1.82, 2.24) is 9.88 Å². The van der Waals surface area contributed by atoms with Gasteiger partial charge in [-0.3, -0.25) is 9.88 Å². The quantitative estimate of drug-likeness (QED) is 0.318. The van der Waals surface area contributed by atoms with Crippen molar-refractivity contribution < 1.29 is 14.6 Å². The second kappa shape index (κ2) is 11.8. The predicted molar refractivity (Wildman–Crippen MR) is 170 cm³/mol. The number of fused-ring (bicyclic) bond motifs is 1. The first kappa shape index (κ1) is 30.2. The van der Waals surface area contributed by atoms with E-state index in [0.717, 1.165) is 80.2 Å². The molecule has 1 fully saturated rings. The standard InChI is InChI=1S/C36H47N3O3/c1-24-30(28-13-14-29-23-38(18-15-27(29)21-28)22-26-11-9-8-10-12-26)32(39-19-16-36(6,7)17-20-39)31(25(2)37-24)33(34(40)41)42-35(3,4)5/h8-14,21,33H,15-20,22-23H2,1-7H3,(H,40,41). The normalized spacial score (nSPS) is 18.0. The van der Waals surface area contributed by atoms with Crippen LogP contribution in [0.2, 0.25) is 0 Å². The number of carbonyl (C=O) groups is 1. The number of aliphatic carboxylic acids is 1. The van der Waals surface area contributed by atoms with Crippen LogP contribution in [0, 0.1) is 19.3 Å². The fourth-order valence-electron chi connectivity index (χ4n) is 6.50. The lowest BCUT2D eigenvalue weighted by Crippen LogP contribution is -2.39. The number of hydrogen-bond donors (Lipinski definition) is 1. The number of benzene rings is 2. The molecule has 0 bridgehead atoms. The van der Waals surface area contributed by atoms with Crippen molar-refractivity contribution in [2.24, 2.45) is 5.41 Å². The highest BCUT2D eigenvalue weighted by molar-refractivity contribution is 5.88. The Labute approximate surface area is 251 Å². The Bertz CT molecular complexity index is 1430. The van der Waals surface area contributed by atoms with Gasteiger partial charge in [0, 0.05) is 55.2 Å². The molecule has 5 rings (SSSR count). The summed E-state index contributed by atoms with van der Waals surface area (Å²) in [6, 6.07) is 17.5. The zero-order chi connectivity index (χ0) is 30.2. The molecule has 0 aliphatic carbocycles. The Kier molecular flexibility index (Phi) is 8.51. The molecule has 1 aromatic heterocycles. The second-order valence-electron chi connectivity index (χ2n) is 13.9. The monoisotopic (exact) mass is 569 g/mol. The summed E-state index contributed by atoms with van der Waals surface area (Å²) in [6.07, 6.45) is 1.97. The molecular formula is C36H47N3O3. The van der Waals surface area contributed by atoms with E-state index < -0.39 is 17.7 Å². The molecule has 0 saturated carbocycles. The number of aromatic nitrogens is 1. The molecule has 1 N–H and O–H groups in total. The molecule has 0 radical (unpaired) electrons. The van der Waals surface area contributed by atoms with Gasteiger partial charge in [-0.15, -0.1) is 0 Å². The van der Waals surface area contributed by atoms with E-state index in [1.54, 1.807) is 0 Å². The molecule has 6 heteroatoms. The molecule has 0 amide bonds. The number of anilines is 1. The molecule has 2 aliphatic rings. The van der Waals surface area contributed by atoms with E-state index in [1.165, 1.54) is 16.7 Å². The van der Waals surface area contributed by atoms with Gasteiger partial charge in [0.25, 0.3) is 0 Å². The molecule has 3 aromatic rings. The Balaban J connectivity index is 1.58. The number of aryl methyl sites for hydroxylation is 2. The molecular weight excluding hydrogens is 522 g/mol. The Morgan fingerprint density at radius 2 is 1.69 bits per heavy atom. The molecule has 1 atom stereocenters. The maximum Gasteiger partial charge on any atom is 0.337 e. The number of carboxylic acid groups (broad SMARTS) is 1. The van der Waals surface area contributed by atoms with Gasteiger partial charge in [-0.05, 0) is 81.5 Å². The van der Waals surface area contributed by atoms with Crippen LogP contribution in [0.3, 0.4) is 0 Å². The van der Waals surface area contributed by atoms with Crippen LogP contribution in [0.25, 0.3) is 11.1 Å². The zero-order valence-electron chi connectivity index (χ0n) is 26.5. The fraction of sp³-hybridized carbons (Fsp3) is 0.500. The van der Waals surface area contributed by atoms with Crippen LogP contribution in [0.1, 0.15) is 87.2 Å². The summed E-state index contributed by atoms with van der Waals surface area (Å²) in [5.74, 6) is -0.979. The highest BCUT2D eigenvalue weighted by Crippen LogP contribution is 2.45. The molecule has 1 unspecified atom stereocenters. The average molecular weight is 570 g/mol. The highest BCUT2D eigenvalue weighted by Gasteiger charge is 2.36. The van der Waals surface area contributed by atoms with E-state index in [4.69, 9.17) is 9.72 Å². The molecule has 0 spiro atoms. The van der Waals surface area contributed by atoms with Gasteiger partial charge in [-0.25, -0.2) is 4.79 Å². The average Bonchev–Trinajstić information content (AvgIpc) is 2.91. The number of rotatable bonds is 7. The van der Waals surface area contributed by atoms with Gasteiger partial charge in [-0.1, -0.05) is 62.4 Å². The summed E-state index contributed by atoms with van der Waals surface area (Å²) in [6.45, 7) is 19.0. The van der Waals surface area contributed by atoms with Crippen molar-refractivity contribution in [3.63, 3.8) is 0 Å². The predicted octanol–water partition coefficient (Wildman–Crippen LogP) is 7.49. The number of hydrogen-bond acceptors (Lipinski definition) is 5. The Morgan fingerprint density at radius 3 is 2.33 bits per heavy atom. The minimum Gasteiger partial charge on any atom is -0.479 e. The van der Waals surface area contributed by atoms with Crippen LogP contribution in [0.4, 0.5) is 5.69 Å². The van der Waals surface area contributed by atoms with E-state index >= 15 is 0 Å². The van der Waals surface area contributed by atoms with E-state index in [0.29, 0.717) is 5.56 Å². The van der Waals surface area contributed by atoms with Crippen molar-refractivity contribution in [2.45, 2.75) is 92.5 Å². The van der Waals surface area contributed by atoms with Crippen molar-refractivity contribution in [1.29, 1.82) is 0 Å². The van der Waals surface area contributed by atoms with Crippen molar-refractivity contribution >= 4 is 11.7 Å². The molecule has 42 heavy (non-hydrogen) atoms. The summed E-state index contributed by atoms with van der Waals surface area (Å²) in [4.78, 5) is 22.7. The number of nitrogens with zero attached hydrogens (tertiary/aromatic N) is 3. The number of ether oxygens (including phenoxy) is 1. The van der Waals surface area contributed by atoms with Crippen LogP contribution in [0.15, 0.2) is 48.5 Å². The molecule has 1 saturated heterocycles. The second-order valence-corrected chi connectivity index (χ2v) is 13.9. The first-order valence-electron chi connectivity index (χ1n) is 15.4. The smallest absolute Gasteiger partial charge is 0.337 e. The molecule has 2 aliphatic heterocycles. The van der Waals surface area contributed by atoms with Crippen molar-refractivity contribution in [3.05, 3.63) is 82.2 Å². The van der Waals surface area contributed by atoms with Gasteiger partial charge in [0.05, 0.1) is 11.3 Å². The van der Waals surface area contributed by atoms with Crippen LogP contribution in [-0.2, 0) is 29.0 Å². The highest BCUT2D eigenvalue weighted by atomic mass is 16.5. The van der Waals surface area contributed by atoms with Crippen LogP contribution in [-0.4, -0.2) is 46.2 Å². The molecule has 2 aromatic carbocycles. The number of piperidine rings is 1. The Morgan fingerprint density at radius 1 is 1.00 bits per heavy atom. The first-order chi connectivity index (χ1) is 19.8. The summed E-state index contributed by atoms with van der Waals surface area (Å²) < 4.78 is 6.25. The van der Waals surface area contributed by atoms with Gasteiger partial charge in [0.2, 0.25) is 0 Å². The van der Waals surface area contributed by atoms with E-state index in [9.17, 15) is 9.90 Å². The SMILES string of the molecule is Cc1nc(C)c(C(OC(C)(C)C)C(=O)O)c(N2CCC(C)(C)CC2)c1-c1ccc2c(c1)CCN(Cc1ccccc1)C2. The minimum absolute atomic E-state index is 0.263. The number of carboxylic acids is 1. The van der Waals surface area contributed by atoms with Crippen molar-refractivity contribution in [2.75, 3.05) is 24.5 Å². The maximum atomic E-state index is 12.8. The first-order valence-corrected chi connectivity index (χ1v) is 15.4. The number of pyridine rings is 1. The lowest BCUT2D eigenvalue weighted by molar-refractivity contribution is -0.160. The summed E-state index contributed by atoms with van der Waals surface area (Å²) in [5.41, 5.74) is 9.16. The zero-order valence-corrected chi connectivity index (χ0v) is 26.5. The third-order valence-corrected chi connectivity index (χ3v) is 8.81. The van der Waals surface area contributed by atoms with E-state index in [-0.39, 0.29) is 5.41 Å². The van der Waals surface area contributed by atoms with Crippen LogP contribution < -0.4 is 4.90 Å². The lowest BCUT2D eigenvalue weighted by Gasteiger charge is -2.41. The lowest BCUT2D eigenvalue weighted by atomic mass is 9.81. The topological polar surface area (TPSA) is 65.9 Å².